The zero-order valence-corrected chi connectivity index (χ0v) is 12.5. The Morgan fingerprint density at radius 3 is 2.38 bits per heavy atom. The van der Waals surface area contributed by atoms with Crippen LogP contribution in [0.25, 0.3) is 0 Å². The normalized spacial score (nSPS) is 14.6. The molecule has 0 aromatic carbocycles. The highest BCUT2D eigenvalue weighted by Crippen LogP contribution is 2.08. The molecule has 21 heavy (non-hydrogen) atoms. The molecule has 116 valence electrons. The molecular formula is C14H23N5O2. The van der Waals surface area contributed by atoms with Gasteiger partial charge in [0.25, 0.3) is 5.91 Å². The smallest absolute Gasteiger partial charge is 0.314 e. The Hall–Kier alpha value is -2.15. The predicted molar refractivity (Wildman–Crippen MR) is 80.9 cm³/mol. The molecule has 0 bridgehead atoms. The molecular weight excluding hydrogens is 270 g/mol. The van der Waals surface area contributed by atoms with Gasteiger partial charge in [0.1, 0.15) is 0 Å². The first-order valence-electron chi connectivity index (χ1n) is 6.91. The minimum Gasteiger partial charge on any atom is -0.355 e. The first kappa shape index (κ1) is 16.9. The highest BCUT2D eigenvalue weighted by molar-refractivity contribution is 5.93. The lowest BCUT2D eigenvalue weighted by Crippen LogP contribution is -2.46. The first-order chi connectivity index (χ1) is 10.1. The van der Waals surface area contributed by atoms with Crippen LogP contribution in [0.2, 0.25) is 0 Å². The largest absolute Gasteiger partial charge is 0.355 e. The molecule has 1 aliphatic heterocycles. The molecule has 2 heterocycles. The van der Waals surface area contributed by atoms with Crippen LogP contribution in [-0.2, 0) is 0 Å². The van der Waals surface area contributed by atoms with Crippen LogP contribution in [0.15, 0.2) is 24.5 Å². The van der Waals surface area contributed by atoms with Crippen LogP contribution < -0.4 is 16.4 Å². The Morgan fingerprint density at radius 2 is 1.90 bits per heavy atom. The molecule has 0 unspecified atom stereocenters. The third-order valence-corrected chi connectivity index (χ3v) is 3.37. The molecule has 1 aliphatic rings. The lowest BCUT2D eigenvalue weighted by molar-refractivity contribution is 0.0963. The molecule has 1 aromatic heterocycles. The first-order valence-corrected chi connectivity index (χ1v) is 6.91. The van der Waals surface area contributed by atoms with Gasteiger partial charge in [-0.2, -0.15) is 0 Å². The van der Waals surface area contributed by atoms with Crippen LogP contribution in [0, 0.1) is 0 Å². The summed E-state index contributed by atoms with van der Waals surface area (Å²) >= 11 is 0. The van der Waals surface area contributed by atoms with Gasteiger partial charge in [-0.05, 0) is 38.1 Å². The number of hydrogen-bond donors (Lipinski definition) is 3. The van der Waals surface area contributed by atoms with Crippen molar-refractivity contribution in [3.8, 4) is 0 Å². The Labute approximate surface area is 124 Å². The quantitative estimate of drug-likeness (QED) is 0.724. The number of aromatic nitrogens is 1. The zero-order valence-electron chi connectivity index (χ0n) is 12.5. The van der Waals surface area contributed by atoms with Gasteiger partial charge in [0.15, 0.2) is 0 Å². The number of primary amides is 1. The number of rotatable bonds is 2. The van der Waals surface area contributed by atoms with Crippen molar-refractivity contribution in [1.82, 2.24) is 20.5 Å². The molecule has 0 atom stereocenters. The minimum absolute atomic E-state index is 0.0811. The topological polar surface area (TPSA) is 100 Å². The van der Waals surface area contributed by atoms with Gasteiger partial charge >= 0.3 is 6.03 Å². The second-order valence-corrected chi connectivity index (χ2v) is 4.75. The molecule has 0 spiro atoms. The van der Waals surface area contributed by atoms with Crippen molar-refractivity contribution in [3.63, 3.8) is 0 Å². The molecule has 1 fully saturated rings. The molecule has 7 heteroatoms. The van der Waals surface area contributed by atoms with Gasteiger partial charge < -0.3 is 21.3 Å². The lowest BCUT2D eigenvalue weighted by atomic mass is 10.1. The van der Waals surface area contributed by atoms with Gasteiger partial charge in [0.2, 0.25) is 0 Å². The molecule has 0 saturated carbocycles. The Bertz CT molecular complexity index is 446. The third-order valence-electron chi connectivity index (χ3n) is 3.37. The van der Waals surface area contributed by atoms with E-state index in [1.807, 2.05) is 0 Å². The van der Waals surface area contributed by atoms with E-state index < -0.39 is 0 Å². The summed E-state index contributed by atoms with van der Waals surface area (Å²) in [6.07, 6.45) is 5.20. The van der Waals surface area contributed by atoms with Crippen LogP contribution in [-0.4, -0.2) is 55.0 Å². The number of amides is 3. The van der Waals surface area contributed by atoms with Gasteiger partial charge in [0, 0.05) is 38.1 Å². The fourth-order valence-electron chi connectivity index (χ4n) is 2.02. The monoisotopic (exact) mass is 293 g/mol. The van der Waals surface area contributed by atoms with Gasteiger partial charge in [-0.25, -0.2) is 4.79 Å². The SMILES string of the molecule is CN(C(N)=O)C1CCNCC1.CNC(=O)c1ccncc1. The van der Waals surface area contributed by atoms with E-state index in [0.717, 1.165) is 25.9 Å². The van der Waals surface area contributed by atoms with E-state index in [0.29, 0.717) is 11.6 Å². The summed E-state index contributed by atoms with van der Waals surface area (Å²) in [6.45, 7) is 1.98. The molecule has 3 amide bonds. The van der Waals surface area contributed by atoms with E-state index in [9.17, 15) is 9.59 Å². The number of pyridine rings is 1. The summed E-state index contributed by atoms with van der Waals surface area (Å²) in [5.74, 6) is -0.0811. The second-order valence-electron chi connectivity index (χ2n) is 4.75. The summed E-state index contributed by atoms with van der Waals surface area (Å²) < 4.78 is 0. The summed E-state index contributed by atoms with van der Waals surface area (Å²) in [5.41, 5.74) is 5.77. The summed E-state index contributed by atoms with van der Waals surface area (Å²) in [4.78, 5) is 27.0. The Kier molecular flexibility index (Phi) is 7.17. The van der Waals surface area contributed by atoms with Crippen molar-refractivity contribution < 1.29 is 9.59 Å². The van der Waals surface area contributed by atoms with E-state index >= 15 is 0 Å². The van der Waals surface area contributed by atoms with Crippen molar-refractivity contribution in [2.24, 2.45) is 5.73 Å². The van der Waals surface area contributed by atoms with Crippen LogP contribution in [0.3, 0.4) is 0 Å². The predicted octanol–water partition coefficient (Wildman–Crippen LogP) is 0.190. The lowest BCUT2D eigenvalue weighted by Gasteiger charge is -2.30. The summed E-state index contributed by atoms with van der Waals surface area (Å²) in [7, 11) is 3.36. The zero-order chi connectivity index (χ0) is 15.7. The minimum atomic E-state index is -0.322. The number of nitrogens with zero attached hydrogens (tertiary/aromatic N) is 2. The highest BCUT2D eigenvalue weighted by atomic mass is 16.2. The summed E-state index contributed by atoms with van der Waals surface area (Å²) in [5, 5.41) is 5.74. The fourth-order valence-corrected chi connectivity index (χ4v) is 2.02. The maximum absolute atomic E-state index is 10.9. The fraction of sp³-hybridized carbons (Fsp3) is 0.500. The van der Waals surface area contributed by atoms with Crippen molar-refractivity contribution in [3.05, 3.63) is 30.1 Å². The molecule has 1 aromatic rings. The molecule has 4 N–H and O–H groups in total. The van der Waals surface area contributed by atoms with Gasteiger partial charge in [-0.15, -0.1) is 0 Å². The average Bonchev–Trinajstić information content (AvgIpc) is 2.55. The van der Waals surface area contributed by atoms with Crippen LogP contribution in [0.1, 0.15) is 23.2 Å². The van der Waals surface area contributed by atoms with Gasteiger partial charge in [0.05, 0.1) is 0 Å². The summed E-state index contributed by atoms with van der Waals surface area (Å²) in [6, 6.07) is 3.35. The van der Waals surface area contributed by atoms with E-state index in [1.165, 1.54) is 0 Å². The second kappa shape index (κ2) is 8.91. The maximum Gasteiger partial charge on any atom is 0.314 e. The number of piperidine rings is 1. The number of nitrogens with two attached hydrogens (primary N) is 1. The molecule has 2 rings (SSSR count). The van der Waals surface area contributed by atoms with Crippen LogP contribution in [0.5, 0.6) is 0 Å². The van der Waals surface area contributed by atoms with E-state index in [2.05, 4.69) is 15.6 Å². The van der Waals surface area contributed by atoms with E-state index in [4.69, 9.17) is 5.73 Å². The number of carbonyl (C=O) groups excluding carboxylic acids is 2. The standard InChI is InChI=1S/C7H15N3O.C7H8N2O/c1-10(7(8)11)6-2-4-9-5-3-6;1-8-7(10)6-2-4-9-5-3-6/h6,9H,2-5H2,1H3,(H2,8,11);2-5H,1H3,(H,8,10). The molecule has 0 aliphatic carbocycles. The molecule has 1 saturated heterocycles. The van der Waals surface area contributed by atoms with Gasteiger partial charge in [-0.3, -0.25) is 9.78 Å². The Balaban J connectivity index is 0.000000211. The number of carbonyl (C=O) groups is 2. The maximum atomic E-state index is 10.9. The highest BCUT2D eigenvalue weighted by Gasteiger charge is 2.19. The van der Waals surface area contributed by atoms with Crippen LogP contribution in [0.4, 0.5) is 4.79 Å². The average molecular weight is 293 g/mol. The number of nitrogens with one attached hydrogen (secondary N) is 2. The van der Waals surface area contributed by atoms with Crippen molar-refractivity contribution in [2.75, 3.05) is 27.2 Å². The van der Waals surface area contributed by atoms with E-state index in [-0.39, 0.29) is 11.9 Å². The molecule has 7 nitrogen and oxygen atoms in total. The number of urea groups is 1. The van der Waals surface area contributed by atoms with Crippen molar-refractivity contribution >= 4 is 11.9 Å². The van der Waals surface area contributed by atoms with Crippen LogP contribution >= 0.6 is 0 Å². The van der Waals surface area contributed by atoms with Crippen molar-refractivity contribution in [1.29, 1.82) is 0 Å². The van der Waals surface area contributed by atoms with Crippen molar-refractivity contribution in [2.45, 2.75) is 18.9 Å². The van der Waals surface area contributed by atoms with E-state index in [1.54, 1.807) is 43.5 Å². The Morgan fingerprint density at radius 1 is 1.33 bits per heavy atom. The third kappa shape index (κ3) is 5.78. The number of hydrogen-bond acceptors (Lipinski definition) is 4. The van der Waals surface area contributed by atoms with Gasteiger partial charge in [-0.1, -0.05) is 0 Å². The molecule has 0 radical (unpaired) electrons.